The van der Waals surface area contributed by atoms with E-state index in [1.807, 2.05) is 0 Å². The maximum Gasteiger partial charge on any atom is 0.311 e. The van der Waals surface area contributed by atoms with Crippen LogP contribution in [0.4, 0.5) is 23.3 Å². The Morgan fingerprint density at radius 1 is 1.07 bits per heavy atom. The molecule has 43 heavy (non-hydrogen) atoms. The van der Waals surface area contributed by atoms with Gasteiger partial charge in [0.2, 0.25) is 11.9 Å². The molecule has 4 N–H and O–H groups in total. The lowest BCUT2D eigenvalue weighted by atomic mass is 10.00. The van der Waals surface area contributed by atoms with Crippen molar-refractivity contribution in [2.45, 2.75) is 50.7 Å². The molecule has 2 saturated heterocycles. The summed E-state index contributed by atoms with van der Waals surface area (Å²) in [6.07, 6.45) is 5.06. The van der Waals surface area contributed by atoms with Crippen molar-refractivity contribution in [2.75, 3.05) is 48.3 Å². The monoisotopic (exact) mass is 602 g/mol. The minimum Gasteiger partial charge on any atom is -0.365 e. The second kappa shape index (κ2) is 11.6. The first-order valence-electron chi connectivity index (χ1n) is 14.3. The fraction of sp³-hybridized carbons (Fsp3) is 0.464. The number of benzene rings is 1. The number of aromatic nitrogens is 4. The molecule has 2 aromatic heterocycles. The molecule has 14 nitrogen and oxygen atoms in total. The molecule has 222 valence electrons. The van der Waals surface area contributed by atoms with Crippen LogP contribution in [0, 0.1) is 22.7 Å². The summed E-state index contributed by atoms with van der Waals surface area (Å²) in [6.45, 7) is 5.38. The first-order chi connectivity index (χ1) is 20.7. The highest BCUT2D eigenvalue weighted by Crippen LogP contribution is 2.38. The van der Waals surface area contributed by atoms with Gasteiger partial charge in [0.15, 0.2) is 5.65 Å². The molecule has 3 aliphatic rings. The average molecular weight is 603 g/mol. The number of piperazine rings is 1. The Balaban J connectivity index is 1.21. The van der Waals surface area contributed by atoms with E-state index in [9.17, 15) is 20.1 Å². The molecule has 1 aliphatic carbocycles. The lowest BCUT2D eigenvalue weighted by Crippen LogP contribution is -2.57. The second-order valence-corrected chi connectivity index (χ2v) is 11.6. The number of halogens is 1. The maximum atomic E-state index is 12.0. The first-order valence-corrected chi connectivity index (χ1v) is 14.7. The molecule has 0 spiro atoms. The summed E-state index contributed by atoms with van der Waals surface area (Å²) in [6, 6.07) is 8.49. The lowest BCUT2D eigenvalue weighted by molar-refractivity contribution is -0.145. The normalized spacial score (nSPS) is 19.6. The molecule has 4 heterocycles. The van der Waals surface area contributed by atoms with Crippen LogP contribution in [0.25, 0.3) is 5.65 Å². The quantitative estimate of drug-likeness (QED) is 0.350. The van der Waals surface area contributed by atoms with E-state index in [4.69, 9.17) is 17.3 Å². The number of nitrogens with one attached hydrogen (secondary N) is 2. The van der Waals surface area contributed by atoms with E-state index in [1.54, 1.807) is 12.1 Å². The van der Waals surface area contributed by atoms with Crippen LogP contribution >= 0.6 is 11.6 Å². The van der Waals surface area contributed by atoms with Crippen molar-refractivity contribution < 1.29 is 9.59 Å². The number of hydrogen-bond donors (Lipinski definition) is 3. The van der Waals surface area contributed by atoms with Gasteiger partial charge in [-0.25, -0.2) is 0 Å². The molecule has 0 bridgehead atoms. The summed E-state index contributed by atoms with van der Waals surface area (Å²) >= 11 is 6.99. The fourth-order valence-corrected chi connectivity index (χ4v) is 6.14. The number of rotatable bonds is 6. The standard InChI is InChI=1S/C28H31ClN12O2/c1-16-15-39(20-4-6-38(7-5-20)26(43)24(32)42)8-9-40(16)22-11-17(12-30)10-21(23(22)29)35-27-36-25-18(13-31)14-33-41(25)28(37-27)34-19-2-3-19/h10-11,14,16,19-20H,2-9,15H2,1H3,(H2,32,42)(H2,34,35,36,37)/t16-/m0/s1. The van der Waals surface area contributed by atoms with Gasteiger partial charge in [-0.3, -0.25) is 14.5 Å². The number of primary amides is 1. The van der Waals surface area contributed by atoms with Gasteiger partial charge in [-0.15, -0.1) is 0 Å². The highest BCUT2D eigenvalue weighted by atomic mass is 35.5. The molecular weight excluding hydrogens is 572 g/mol. The number of anilines is 4. The molecular formula is C28H31ClN12O2. The number of amides is 2. The summed E-state index contributed by atoms with van der Waals surface area (Å²) in [5, 5.41) is 30.6. The van der Waals surface area contributed by atoms with Crippen molar-refractivity contribution in [3.8, 4) is 12.1 Å². The van der Waals surface area contributed by atoms with Gasteiger partial charge in [-0.2, -0.15) is 30.1 Å². The van der Waals surface area contributed by atoms with Crippen LogP contribution in [-0.2, 0) is 9.59 Å². The maximum absolute atomic E-state index is 12.0. The van der Waals surface area contributed by atoms with E-state index < -0.39 is 11.8 Å². The molecule has 3 aromatic rings. The Labute approximate surface area is 253 Å². The lowest BCUT2D eigenvalue weighted by Gasteiger charge is -2.46. The Morgan fingerprint density at radius 2 is 1.84 bits per heavy atom. The molecule has 6 rings (SSSR count). The van der Waals surface area contributed by atoms with E-state index in [0.29, 0.717) is 65.2 Å². The SMILES string of the molecule is C[C@H]1CN(C2CCN(C(=O)C(N)=O)CC2)CCN1c1cc(C#N)cc(Nc2nc(NC3CC3)n3ncc(C#N)c3n2)c1Cl. The highest BCUT2D eigenvalue weighted by molar-refractivity contribution is 6.36. The number of nitrogens with two attached hydrogens (primary N) is 1. The van der Waals surface area contributed by atoms with Gasteiger partial charge in [0.05, 0.1) is 34.2 Å². The molecule has 0 unspecified atom stereocenters. The van der Waals surface area contributed by atoms with Crippen molar-refractivity contribution in [3.63, 3.8) is 0 Å². The smallest absolute Gasteiger partial charge is 0.311 e. The molecule has 1 saturated carbocycles. The van der Waals surface area contributed by atoms with Crippen molar-refractivity contribution in [1.82, 2.24) is 29.4 Å². The number of likely N-dealkylation sites (tertiary alicyclic amines) is 1. The van der Waals surface area contributed by atoms with Crippen molar-refractivity contribution in [2.24, 2.45) is 5.73 Å². The van der Waals surface area contributed by atoms with Crippen LogP contribution in [0.3, 0.4) is 0 Å². The van der Waals surface area contributed by atoms with Gasteiger partial charge in [0.25, 0.3) is 0 Å². The number of piperidine rings is 1. The van der Waals surface area contributed by atoms with E-state index in [0.717, 1.165) is 44.5 Å². The zero-order chi connectivity index (χ0) is 30.2. The number of carbonyl (C=O) groups is 2. The summed E-state index contributed by atoms with van der Waals surface area (Å²) in [4.78, 5) is 38.5. The highest BCUT2D eigenvalue weighted by Gasteiger charge is 2.34. The van der Waals surface area contributed by atoms with Gasteiger partial charge in [-0.1, -0.05) is 11.6 Å². The van der Waals surface area contributed by atoms with Crippen LogP contribution in [-0.4, -0.2) is 92.0 Å². The Hall–Kier alpha value is -4.66. The van der Waals surface area contributed by atoms with Gasteiger partial charge in [-0.05, 0) is 44.7 Å². The zero-order valence-electron chi connectivity index (χ0n) is 23.6. The first kappa shape index (κ1) is 28.5. The zero-order valence-corrected chi connectivity index (χ0v) is 24.4. The van der Waals surface area contributed by atoms with Crippen molar-refractivity contribution >= 4 is 52.3 Å². The van der Waals surface area contributed by atoms with E-state index in [2.05, 4.69) is 54.6 Å². The van der Waals surface area contributed by atoms with Gasteiger partial charge < -0.3 is 26.2 Å². The second-order valence-electron chi connectivity index (χ2n) is 11.2. The average Bonchev–Trinajstić information content (AvgIpc) is 3.73. The number of fused-ring (bicyclic) bond motifs is 1. The predicted molar refractivity (Wildman–Crippen MR) is 159 cm³/mol. The van der Waals surface area contributed by atoms with Crippen LogP contribution in [0.2, 0.25) is 5.02 Å². The molecule has 1 atom stereocenters. The third kappa shape index (κ3) is 5.71. The third-order valence-corrected chi connectivity index (χ3v) is 8.67. The van der Waals surface area contributed by atoms with E-state index in [-0.39, 0.29) is 12.0 Å². The van der Waals surface area contributed by atoms with Crippen LogP contribution in [0.1, 0.15) is 43.7 Å². The molecule has 2 amide bonds. The number of nitrogens with zero attached hydrogens (tertiary/aromatic N) is 9. The third-order valence-electron chi connectivity index (χ3n) is 8.28. The summed E-state index contributed by atoms with van der Waals surface area (Å²) < 4.78 is 1.52. The molecule has 1 aromatic carbocycles. The van der Waals surface area contributed by atoms with Gasteiger partial charge >= 0.3 is 11.8 Å². The number of nitriles is 2. The van der Waals surface area contributed by atoms with Crippen LogP contribution in [0.5, 0.6) is 0 Å². The molecule has 3 fully saturated rings. The Kier molecular flexibility index (Phi) is 7.64. The summed E-state index contributed by atoms with van der Waals surface area (Å²) in [7, 11) is 0. The topological polar surface area (TPSA) is 185 Å². The Bertz CT molecular complexity index is 1660. The number of hydrogen-bond acceptors (Lipinski definition) is 11. The number of carbonyl (C=O) groups excluding carboxylic acids is 2. The minimum atomic E-state index is -0.915. The van der Waals surface area contributed by atoms with Crippen LogP contribution < -0.4 is 21.3 Å². The van der Waals surface area contributed by atoms with Crippen LogP contribution in [0.15, 0.2) is 18.3 Å². The summed E-state index contributed by atoms with van der Waals surface area (Å²) in [5.41, 5.74) is 7.50. The molecule has 15 heteroatoms. The Morgan fingerprint density at radius 3 is 2.49 bits per heavy atom. The summed E-state index contributed by atoms with van der Waals surface area (Å²) in [5.74, 6) is -0.833. The van der Waals surface area contributed by atoms with E-state index in [1.165, 1.54) is 15.6 Å². The van der Waals surface area contributed by atoms with Crippen molar-refractivity contribution in [3.05, 3.63) is 34.5 Å². The van der Waals surface area contributed by atoms with Gasteiger partial charge in [0.1, 0.15) is 11.6 Å². The molecule has 0 radical (unpaired) electrons. The molecule has 2 aliphatic heterocycles. The predicted octanol–water partition coefficient (Wildman–Crippen LogP) is 1.83. The largest absolute Gasteiger partial charge is 0.365 e. The van der Waals surface area contributed by atoms with E-state index >= 15 is 0 Å². The van der Waals surface area contributed by atoms with Crippen molar-refractivity contribution in [1.29, 1.82) is 10.5 Å². The fourth-order valence-electron chi connectivity index (χ4n) is 5.88. The van der Waals surface area contributed by atoms with Gasteiger partial charge in [0, 0.05) is 50.8 Å². The minimum absolute atomic E-state index is 0.0882.